The number of nitrogens with one attached hydrogen (secondary N) is 1. The smallest absolute Gasteiger partial charge is 0.242 e. The first-order chi connectivity index (χ1) is 11.4. The monoisotopic (exact) mass is 327 g/mol. The summed E-state index contributed by atoms with van der Waals surface area (Å²) in [4.78, 5) is 18.1. The highest BCUT2D eigenvalue weighted by atomic mass is 16.2. The largest absolute Gasteiger partial charge is 0.358 e. The lowest BCUT2D eigenvalue weighted by atomic mass is 9.86. The zero-order valence-electron chi connectivity index (χ0n) is 15.1. The Morgan fingerprint density at radius 3 is 2.67 bits per heavy atom. The Labute approximate surface area is 144 Å². The van der Waals surface area contributed by atoms with Crippen LogP contribution in [0.4, 0.5) is 0 Å². The summed E-state index contributed by atoms with van der Waals surface area (Å²) in [6.45, 7) is 7.71. The molecule has 24 heavy (non-hydrogen) atoms. The van der Waals surface area contributed by atoms with Gasteiger partial charge in [-0.3, -0.25) is 4.79 Å². The van der Waals surface area contributed by atoms with Crippen molar-refractivity contribution in [3.05, 3.63) is 35.5 Å². The fraction of sp³-hybridized carbons (Fsp3) is 0.550. The maximum atomic E-state index is 12.7. The summed E-state index contributed by atoms with van der Waals surface area (Å²) >= 11 is 0. The van der Waals surface area contributed by atoms with Gasteiger partial charge in [0.2, 0.25) is 5.91 Å². The molecule has 4 nitrogen and oxygen atoms in total. The fourth-order valence-corrected chi connectivity index (χ4v) is 4.18. The number of aryl methyl sites for hydroxylation is 1. The second kappa shape index (κ2) is 6.60. The van der Waals surface area contributed by atoms with E-state index in [0.717, 1.165) is 38.8 Å². The molecule has 0 spiro atoms. The molecule has 1 unspecified atom stereocenters. The van der Waals surface area contributed by atoms with Crippen LogP contribution in [0.5, 0.6) is 0 Å². The van der Waals surface area contributed by atoms with Crippen molar-refractivity contribution < 1.29 is 4.79 Å². The number of nitrogens with two attached hydrogens (primary N) is 1. The van der Waals surface area contributed by atoms with Gasteiger partial charge >= 0.3 is 0 Å². The summed E-state index contributed by atoms with van der Waals surface area (Å²) < 4.78 is 0. The van der Waals surface area contributed by atoms with Gasteiger partial charge in [0.25, 0.3) is 0 Å². The zero-order valence-corrected chi connectivity index (χ0v) is 15.1. The number of carbonyl (C=O) groups excluding carboxylic acids is 1. The molecule has 0 radical (unpaired) electrons. The standard InChI is InChI=1S/C20H29N3O/c1-4-11-20(3,21)19(24)23-12-9-15(10-13-23)18-14(2)22-17-8-6-5-7-16(17)18/h5-8,15,22H,4,9-13,21H2,1-3H3. The van der Waals surface area contributed by atoms with Gasteiger partial charge in [0.1, 0.15) is 0 Å². The number of piperidine rings is 1. The van der Waals surface area contributed by atoms with Gasteiger partial charge in [0.15, 0.2) is 0 Å². The van der Waals surface area contributed by atoms with Crippen LogP contribution in [0.3, 0.4) is 0 Å². The zero-order chi connectivity index (χ0) is 17.3. The molecule has 3 N–H and O–H groups in total. The van der Waals surface area contributed by atoms with Gasteiger partial charge in [0.05, 0.1) is 5.54 Å². The number of hydrogen-bond acceptors (Lipinski definition) is 2. The second-order valence-electron chi connectivity index (χ2n) is 7.44. The van der Waals surface area contributed by atoms with Crippen LogP contribution < -0.4 is 5.73 Å². The molecular weight excluding hydrogens is 298 g/mol. The third kappa shape index (κ3) is 3.07. The van der Waals surface area contributed by atoms with Crippen LogP contribution in [-0.4, -0.2) is 34.4 Å². The van der Waals surface area contributed by atoms with Gasteiger partial charge in [0, 0.05) is 29.7 Å². The van der Waals surface area contributed by atoms with Crippen molar-refractivity contribution in [2.45, 2.75) is 57.9 Å². The van der Waals surface area contributed by atoms with Gasteiger partial charge in [-0.1, -0.05) is 31.5 Å². The van der Waals surface area contributed by atoms with E-state index in [-0.39, 0.29) is 5.91 Å². The molecule has 1 fully saturated rings. The van der Waals surface area contributed by atoms with Crippen molar-refractivity contribution in [3.8, 4) is 0 Å². The summed E-state index contributed by atoms with van der Waals surface area (Å²) in [5, 5.41) is 1.33. The molecule has 1 atom stereocenters. The van der Waals surface area contributed by atoms with Crippen LogP contribution in [0.1, 0.15) is 56.7 Å². The average Bonchev–Trinajstić information content (AvgIpc) is 2.90. The summed E-state index contributed by atoms with van der Waals surface area (Å²) in [6.07, 6.45) is 3.70. The van der Waals surface area contributed by atoms with Crippen LogP contribution in [0.2, 0.25) is 0 Å². The molecule has 0 aliphatic carbocycles. The Kier molecular flexibility index (Phi) is 4.68. The van der Waals surface area contributed by atoms with Gasteiger partial charge in [-0.2, -0.15) is 0 Å². The van der Waals surface area contributed by atoms with E-state index >= 15 is 0 Å². The predicted octanol–water partition coefficient (Wildman–Crippen LogP) is 3.70. The van der Waals surface area contributed by atoms with E-state index in [2.05, 4.69) is 43.1 Å². The van der Waals surface area contributed by atoms with Gasteiger partial charge in [-0.15, -0.1) is 0 Å². The third-order valence-electron chi connectivity index (χ3n) is 5.39. The predicted molar refractivity (Wildman–Crippen MR) is 99.1 cm³/mol. The number of rotatable bonds is 4. The van der Waals surface area contributed by atoms with Gasteiger partial charge < -0.3 is 15.6 Å². The Morgan fingerprint density at radius 1 is 1.33 bits per heavy atom. The summed E-state index contributed by atoms with van der Waals surface area (Å²) in [5.74, 6) is 0.624. The Balaban J connectivity index is 1.73. The van der Waals surface area contributed by atoms with Crippen molar-refractivity contribution in [3.63, 3.8) is 0 Å². The topological polar surface area (TPSA) is 62.1 Å². The van der Waals surface area contributed by atoms with E-state index in [0.29, 0.717) is 5.92 Å². The second-order valence-corrected chi connectivity index (χ2v) is 7.44. The van der Waals surface area contributed by atoms with Crippen molar-refractivity contribution in [1.29, 1.82) is 0 Å². The number of carbonyl (C=O) groups is 1. The lowest BCUT2D eigenvalue weighted by Crippen LogP contribution is -2.54. The van der Waals surface area contributed by atoms with Crippen LogP contribution >= 0.6 is 0 Å². The number of fused-ring (bicyclic) bond motifs is 1. The third-order valence-corrected chi connectivity index (χ3v) is 5.39. The molecule has 1 aliphatic rings. The van der Waals surface area contributed by atoms with Gasteiger partial charge in [-0.25, -0.2) is 0 Å². The number of amides is 1. The van der Waals surface area contributed by atoms with E-state index in [1.165, 1.54) is 22.2 Å². The van der Waals surface area contributed by atoms with Crippen molar-refractivity contribution in [1.82, 2.24) is 9.88 Å². The lowest BCUT2D eigenvalue weighted by molar-refractivity contribution is -0.137. The van der Waals surface area contributed by atoms with E-state index in [4.69, 9.17) is 5.73 Å². The summed E-state index contributed by atoms with van der Waals surface area (Å²) in [5.41, 5.74) is 9.41. The van der Waals surface area contributed by atoms with Crippen LogP contribution in [0, 0.1) is 6.92 Å². The van der Waals surface area contributed by atoms with E-state index in [9.17, 15) is 4.79 Å². The first-order valence-electron chi connectivity index (χ1n) is 9.09. The molecule has 2 heterocycles. The number of aromatic nitrogens is 1. The molecule has 2 aromatic rings. The lowest BCUT2D eigenvalue weighted by Gasteiger charge is -2.37. The average molecular weight is 327 g/mol. The first-order valence-corrected chi connectivity index (χ1v) is 9.09. The summed E-state index contributed by atoms with van der Waals surface area (Å²) in [6, 6.07) is 8.50. The quantitative estimate of drug-likeness (QED) is 0.899. The minimum Gasteiger partial charge on any atom is -0.358 e. The molecule has 1 aromatic heterocycles. The summed E-state index contributed by atoms with van der Waals surface area (Å²) in [7, 11) is 0. The molecule has 130 valence electrons. The molecule has 1 amide bonds. The number of aromatic amines is 1. The molecule has 4 heteroatoms. The molecule has 0 bridgehead atoms. The molecule has 3 rings (SSSR count). The number of nitrogens with zero attached hydrogens (tertiary/aromatic N) is 1. The van der Waals surface area contributed by atoms with E-state index in [1.54, 1.807) is 0 Å². The Bertz CT molecular complexity index is 724. The minimum absolute atomic E-state index is 0.110. The Morgan fingerprint density at radius 2 is 2.00 bits per heavy atom. The maximum absolute atomic E-state index is 12.7. The van der Waals surface area contributed by atoms with Crippen molar-refractivity contribution in [2.24, 2.45) is 5.73 Å². The van der Waals surface area contributed by atoms with E-state index < -0.39 is 5.54 Å². The number of benzene rings is 1. The Hall–Kier alpha value is -1.81. The van der Waals surface area contributed by atoms with Crippen LogP contribution in [-0.2, 0) is 4.79 Å². The highest BCUT2D eigenvalue weighted by molar-refractivity contribution is 5.86. The highest BCUT2D eigenvalue weighted by Gasteiger charge is 2.34. The molecule has 1 aromatic carbocycles. The van der Waals surface area contributed by atoms with Crippen molar-refractivity contribution >= 4 is 16.8 Å². The maximum Gasteiger partial charge on any atom is 0.242 e. The molecule has 1 aliphatic heterocycles. The molecule has 1 saturated heterocycles. The normalized spacial score (nSPS) is 18.8. The SMILES string of the molecule is CCCC(C)(N)C(=O)N1CCC(c2c(C)[nH]c3ccccc23)CC1. The van der Waals surface area contributed by atoms with Crippen molar-refractivity contribution in [2.75, 3.05) is 13.1 Å². The highest BCUT2D eigenvalue weighted by Crippen LogP contribution is 2.36. The van der Waals surface area contributed by atoms with Gasteiger partial charge in [-0.05, 0) is 50.7 Å². The number of para-hydroxylation sites is 1. The van der Waals surface area contributed by atoms with Crippen LogP contribution in [0.15, 0.2) is 24.3 Å². The molecule has 0 saturated carbocycles. The molecular formula is C20H29N3O. The number of likely N-dealkylation sites (tertiary alicyclic amines) is 1. The fourth-order valence-electron chi connectivity index (χ4n) is 4.18. The number of H-pyrrole nitrogens is 1. The minimum atomic E-state index is -0.724. The van der Waals surface area contributed by atoms with E-state index in [1.807, 2.05) is 11.8 Å². The first kappa shape index (κ1) is 17.0. The number of hydrogen-bond donors (Lipinski definition) is 2. The van der Waals surface area contributed by atoms with Crippen LogP contribution in [0.25, 0.3) is 10.9 Å².